The molecule has 1 aromatic carbocycles. The highest BCUT2D eigenvalue weighted by Crippen LogP contribution is 2.36. The molecular weight excluding hydrogens is 220 g/mol. The molecule has 0 radical (unpaired) electrons. The Kier molecular flexibility index (Phi) is 3.27. The molecule has 0 fully saturated rings. The molecule has 0 spiro atoms. The maximum Gasteiger partial charge on any atom is 0.404 e. The first-order valence-electron chi connectivity index (χ1n) is 4.58. The molecule has 0 aliphatic rings. The van der Waals surface area contributed by atoms with Gasteiger partial charge in [0.1, 0.15) is 11.2 Å². The fraction of sp³-hybridized carbons (Fsp3) is 0.333. The highest BCUT2D eigenvalue weighted by Gasteiger charge is 2.46. The highest BCUT2D eigenvalue weighted by atomic mass is 19.4. The van der Waals surface area contributed by atoms with Gasteiger partial charge in [0.05, 0.1) is 0 Å². The van der Waals surface area contributed by atoms with E-state index in [9.17, 15) is 17.6 Å². The van der Waals surface area contributed by atoms with Crippen molar-refractivity contribution in [2.75, 3.05) is 0 Å². The van der Waals surface area contributed by atoms with Crippen molar-refractivity contribution in [3.63, 3.8) is 0 Å². The topological polar surface area (TPSA) is 0 Å². The van der Waals surface area contributed by atoms with Crippen LogP contribution >= 0.6 is 0 Å². The van der Waals surface area contributed by atoms with Crippen LogP contribution in [-0.2, 0) is 0 Å². The van der Waals surface area contributed by atoms with Crippen LogP contribution in [-0.4, -0.2) is 6.18 Å². The normalized spacial score (nSPS) is 11.9. The largest absolute Gasteiger partial charge is 0.404 e. The summed E-state index contributed by atoms with van der Waals surface area (Å²) in [6, 6.07) is 5.17. The summed E-state index contributed by atoms with van der Waals surface area (Å²) in [4.78, 5) is 0. The van der Waals surface area contributed by atoms with E-state index in [1.165, 1.54) is 18.2 Å². The first-order chi connectivity index (χ1) is 7.22. The molecule has 0 bridgehead atoms. The third kappa shape index (κ3) is 2.99. The van der Waals surface area contributed by atoms with Gasteiger partial charge in [-0.1, -0.05) is 17.9 Å². The van der Waals surface area contributed by atoms with Gasteiger partial charge in [0.2, 0.25) is 0 Å². The van der Waals surface area contributed by atoms with Crippen LogP contribution in [0.4, 0.5) is 17.6 Å². The van der Waals surface area contributed by atoms with Gasteiger partial charge in [-0.05, 0) is 32.0 Å². The van der Waals surface area contributed by atoms with Crippen molar-refractivity contribution in [2.45, 2.75) is 20.0 Å². The van der Waals surface area contributed by atoms with Gasteiger partial charge in [-0.15, -0.1) is 0 Å². The molecule has 0 aromatic heterocycles. The summed E-state index contributed by atoms with van der Waals surface area (Å²) in [5.41, 5.74) is -1.86. The van der Waals surface area contributed by atoms with Gasteiger partial charge in [-0.3, -0.25) is 0 Å². The van der Waals surface area contributed by atoms with Crippen molar-refractivity contribution in [3.05, 3.63) is 35.6 Å². The molecule has 0 nitrogen and oxygen atoms in total. The molecule has 86 valence electrons. The first kappa shape index (κ1) is 12.6. The molecule has 0 aliphatic carbocycles. The Morgan fingerprint density at radius 3 is 2.25 bits per heavy atom. The van der Waals surface area contributed by atoms with E-state index in [0.717, 1.165) is 19.9 Å². The molecule has 0 heterocycles. The van der Waals surface area contributed by atoms with Crippen molar-refractivity contribution < 1.29 is 17.6 Å². The van der Waals surface area contributed by atoms with E-state index in [0.29, 0.717) is 0 Å². The molecule has 4 heteroatoms. The van der Waals surface area contributed by atoms with E-state index in [-0.39, 0.29) is 5.56 Å². The molecule has 1 rings (SSSR count). The first-order valence-corrected chi connectivity index (χ1v) is 4.58. The molecule has 0 saturated carbocycles. The Hall–Kier alpha value is -1.50. The van der Waals surface area contributed by atoms with E-state index in [2.05, 4.69) is 11.8 Å². The van der Waals surface area contributed by atoms with Gasteiger partial charge in [-0.25, -0.2) is 4.39 Å². The van der Waals surface area contributed by atoms with Crippen LogP contribution in [0.5, 0.6) is 0 Å². The average Bonchev–Trinajstić information content (AvgIpc) is 2.13. The number of halogens is 4. The van der Waals surface area contributed by atoms with Crippen LogP contribution in [0.25, 0.3) is 0 Å². The van der Waals surface area contributed by atoms with Crippen LogP contribution in [0.2, 0.25) is 0 Å². The molecule has 0 N–H and O–H groups in total. The van der Waals surface area contributed by atoms with Crippen molar-refractivity contribution in [1.82, 2.24) is 0 Å². The maximum absolute atomic E-state index is 12.7. The molecule has 0 saturated heterocycles. The van der Waals surface area contributed by atoms with Crippen molar-refractivity contribution in [1.29, 1.82) is 0 Å². The van der Waals surface area contributed by atoms with Gasteiger partial charge >= 0.3 is 6.18 Å². The van der Waals surface area contributed by atoms with Crippen LogP contribution in [0.1, 0.15) is 19.4 Å². The summed E-state index contributed by atoms with van der Waals surface area (Å²) in [6.45, 7) is 1.97. The Balaban J connectivity index is 2.99. The monoisotopic (exact) mass is 230 g/mol. The highest BCUT2D eigenvalue weighted by molar-refractivity contribution is 5.35. The lowest BCUT2D eigenvalue weighted by Crippen LogP contribution is -2.30. The quantitative estimate of drug-likeness (QED) is 0.470. The Morgan fingerprint density at radius 1 is 1.12 bits per heavy atom. The minimum atomic E-state index is -4.40. The summed E-state index contributed by atoms with van der Waals surface area (Å²) in [5, 5.41) is 0. The molecular formula is C12H10F4. The van der Waals surface area contributed by atoms with Crippen molar-refractivity contribution in [3.8, 4) is 11.8 Å². The van der Waals surface area contributed by atoms with Crippen LogP contribution in [0.3, 0.4) is 0 Å². The minimum Gasteiger partial charge on any atom is -0.207 e. The number of hydrogen-bond acceptors (Lipinski definition) is 0. The minimum absolute atomic E-state index is 0.234. The van der Waals surface area contributed by atoms with E-state index < -0.39 is 17.4 Å². The lowest BCUT2D eigenvalue weighted by Gasteiger charge is -2.21. The Labute approximate surface area is 91.3 Å². The average molecular weight is 230 g/mol. The van der Waals surface area contributed by atoms with Gasteiger partial charge in [0.15, 0.2) is 0 Å². The second-order valence-corrected chi connectivity index (χ2v) is 3.88. The lowest BCUT2D eigenvalue weighted by molar-refractivity contribution is -0.190. The molecule has 0 atom stereocenters. The predicted octanol–water partition coefficient (Wildman–Crippen LogP) is 3.77. The molecule has 0 unspecified atom stereocenters. The van der Waals surface area contributed by atoms with E-state index in [4.69, 9.17) is 0 Å². The summed E-state index contributed by atoms with van der Waals surface area (Å²) < 4.78 is 50.0. The number of alkyl halides is 3. The second kappa shape index (κ2) is 4.17. The van der Waals surface area contributed by atoms with E-state index >= 15 is 0 Å². The van der Waals surface area contributed by atoms with Crippen LogP contribution in [0, 0.1) is 23.1 Å². The zero-order valence-electron chi connectivity index (χ0n) is 8.82. The molecule has 1 aromatic rings. The fourth-order valence-electron chi connectivity index (χ4n) is 0.866. The zero-order chi connectivity index (χ0) is 12.4. The van der Waals surface area contributed by atoms with Gasteiger partial charge < -0.3 is 0 Å². The fourth-order valence-corrected chi connectivity index (χ4v) is 0.866. The zero-order valence-corrected chi connectivity index (χ0v) is 8.82. The summed E-state index contributed by atoms with van der Waals surface area (Å²) >= 11 is 0. The Morgan fingerprint density at radius 2 is 1.75 bits per heavy atom. The Bertz CT molecular complexity index is 432. The summed E-state index contributed by atoms with van der Waals surface area (Å²) in [6.07, 6.45) is -4.40. The predicted molar refractivity (Wildman–Crippen MR) is 53.1 cm³/mol. The molecule has 0 aliphatic heterocycles. The van der Waals surface area contributed by atoms with Crippen molar-refractivity contribution in [2.24, 2.45) is 5.41 Å². The maximum atomic E-state index is 12.7. The number of rotatable bonds is 0. The van der Waals surface area contributed by atoms with Gasteiger partial charge in [0.25, 0.3) is 0 Å². The van der Waals surface area contributed by atoms with Crippen LogP contribution < -0.4 is 0 Å². The van der Waals surface area contributed by atoms with E-state index in [1.54, 1.807) is 0 Å². The van der Waals surface area contributed by atoms with E-state index in [1.807, 2.05) is 0 Å². The van der Waals surface area contributed by atoms with Gasteiger partial charge in [-0.2, -0.15) is 13.2 Å². The third-order valence-electron chi connectivity index (χ3n) is 2.05. The molecule has 0 amide bonds. The smallest absolute Gasteiger partial charge is 0.207 e. The second-order valence-electron chi connectivity index (χ2n) is 3.88. The third-order valence-corrected chi connectivity index (χ3v) is 2.05. The van der Waals surface area contributed by atoms with Crippen molar-refractivity contribution >= 4 is 0 Å². The van der Waals surface area contributed by atoms with Gasteiger partial charge in [0, 0.05) is 5.56 Å². The summed E-state index contributed by atoms with van der Waals surface area (Å²) in [7, 11) is 0. The van der Waals surface area contributed by atoms with Crippen LogP contribution in [0.15, 0.2) is 24.3 Å². The molecule has 16 heavy (non-hydrogen) atoms. The number of benzene rings is 1. The lowest BCUT2D eigenvalue weighted by atomic mass is 9.93. The number of hydrogen-bond donors (Lipinski definition) is 0. The SMILES string of the molecule is CC(C)(C#Cc1cccc(F)c1)C(F)(F)F. The standard InChI is InChI=1S/C12H10F4/c1-11(2,12(14,15)16)7-6-9-4-3-5-10(13)8-9/h3-5,8H,1-2H3. The summed E-state index contributed by atoms with van der Waals surface area (Å²) in [5.74, 6) is 3.91.